The number of pyridine rings is 1. The molecule has 3 aromatic rings. The van der Waals surface area contributed by atoms with Crippen molar-refractivity contribution in [3.05, 3.63) is 89.1 Å². The monoisotopic (exact) mass is 399 g/mol. The van der Waals surface area contributed by atoms with E-state index in [-0.39, 0.29) is 0 Å². The van der Waals surface area contributed by atoms with Gasteiger partial charge < -0.3 is 0 Å². The maximum absolute atomic E-state index is 4.72. The molecular weight excluding hydrogens is 362 g/mol. The molecular formula is C29H37N. The zero-order valence-electron chi connectivity index (χ0n) is 18.9. The van der Waals surface area contributed by atoms with Gasteiger partial charge in [-0.3, -0.25) is 4.98 Å². The molecule has 0 aliphatic heterocycles. The largest absolute Gasteiger partial charge is 0.256 e. The lowest BCUT2D eigenvalue weighted by Gasteiger charge is -2.07. The molecule has 158 valence electrons. The van der Waals surface area contributed by atoms with Gasteiger partial charge >= 0.3 is 0 Å². The van der Waals surface area contributed by atoms with Crippen LogP contribution in [0, 0.1) is 0 Å². The molecule has 0 atom stereocenters. The molecule has 1 aromatic heterocycles. The van der Waals surface area contributed by atoms with Gasteiger partial charge in [0.1, 0.15) is 0 Å². The Hall–Kier alpha value is -2.41. The van der Waals surface area contributed by atoms with Crippen LogP contribution >= 0.6 is 0 Å². The van der Waals surface area contributed by atoms with Crippen LogP contribution in [-0.2, 0) is 25.7 Å². The summed E-state index contributed by atoms with van der Waals surface area (Å²) < 4.78 is 0. The number of benzene rings is 2. The van der Waals surface area contributed by atoms with Crippen molar-refractivity contribution in [3.8, 4) is 11.3 Å². The number of hydrogen-bond acceptors (Lipinski definition) is 1. The Kier molecular flexibility index (Phi) is 9.15. The first kappa shape index (κ1) is 22.3. The van der Waals surface area contributed by atoms with E-state index in [9.17, 15) is 0 Å². The van der Waals surface area contributed by atoms with Crippen molar-refractivity contribution in [1.82, 2.24) is 4.98 Å². The lowest BCUT2D eigenvalue weighted by molar-refractivity contribution is 0.607. The van der Waals surface area contributed by atoms with E-state index in [0.717, 1.165) is 31.4 Å². The van der Waals surface area contributed by atoms with E-state index < -0.39 is 0 Å². The van der Waals surface area contributed by atoms with E-state index in [1.165, 1.54) is 66.3 Å². The fraction of sp³-hybridized carbons (Fsp3) is 0.414. The quantitative estimate of drug-likeness (QED) is 0.281. The van der Waals surface area contributed by atoms with E-state index >= 15 is 0 Å². The molecule has 0 saturated heterocycles. The minimum absolute atomic E-state index is 1.07. The molecule has 1 heteroatoms. The van der Waals surface area contributed by atoms with E-state index in [1.807, 2.05) is 0 Å². The second-order valence-corrected chi connectivity index (χ2v) is 8.44. The summed E-state index contributed by atoms with van der Waals surface area (Å²) in [4.78, 5) is 4.72. The van der Waals surface area contributed by atoms with Crippen LogP contribution in [0.1, 0.15) is 74.6 Å². The molecule has 3 rings (SSSR count). The van der Waals surface area contributed by atoms with Crippen molar-refractivity contribution in [3.63, 3.8) is 0 Å². The molecule has 0 spiro atoms. The van der Waals surface area contributed by atoms with Gasteiger partial charge in [0, 0.05) is 11.8 Å². The summed E-state index contributed by atoms with van der Waals surface area (Å²) in [6.45, 7) is 4.47. The number of hydrogen-bond donors (Lipinski definition) is 0. The van der Waals surface area contributed by atoms with Crippen molar-refractivity contribution >= 4 is 0 Å². The van der Waals surface area contributed by atoms with Crippen LogP contribution in [0.3, 0.4) is 0 Å². The summed E-state index contributed by atoms with van der Waals surface area (Å²) >= 11 is 0. The van der Waals surface area contributed by atoms with Crippen LogP contribution < -0.4 is 0 Å². The van der Waals surface area contributed by atoms with Gasteiger partial charge in [-0.1, -0.05) is 101 Å². The average molecular weight is 400 g/mol. The molecule has 0 radical (unpaired) electrons. The van der Waals surface area contributed by atoms with Crippen molar-refractivity contribution in [2.75, 3.05) is 0 Å². The SMILES string of the molecule is CCCCCCCCc1ccc(-c2ccc(CCc3ccc(CC)cc3)cc2)nc1. The maximum atomic E-state index is 4.72. The topological polar surface area (TPSA) is 12.9 Å². The summed E-state index contributed by atoms with van der Waals surface area (Å²) in [5, 5.41) is 0. The highest BCUT2D eigenvalue weighted by Crippen LogP contribution is 2.20. The first-order valence-electron chi connectivity index (χ1n) is 11.9. The predicted octanol–water partition coefficient (Wildman–Crippen LogP) is 8.00. The van der Waals surface area contributed by atoms with Gasteiger partial charge in [-0.25, -0.2) is 0 Å². The number of unbranched alkanes of at least 4 members (excludes halogenated alkanes) is 5. The molecule has 0 amide bonds. The minimum Gasteiger partial charge on any atom is -0.256 e. The third-order valence-electron chi connectivity index (χ3n) is 6.03. The number of aryl methyl sites for hydroxylation is 4. The molecule has 0 fully saturated rings. The number of aromatic nitrogens is 1. The van der Waals surface area contributed by atoms with Gasteiger partial charge in [0.2, 0.25) is 0 Å². The van der Waals surface area contributed by atoms with E-state index in [0.29, 0.717) is 0 Å². The highest BCUT2D eigenvalue weighted by molar-refractivity contribution is 5.59. The Balaban J connectivity index is 1.46. The van der Waals surface area contributed by atoms with Gasteiger partial charge in [0.15, 0.2) is 0 Å². The van der Waals surface area contributed by atoms with Crippen LogP contribution in [0.4, 0.5) is 0 Å². The van der Waals surface area contributed by atoms with Crippen molar-refractivity contribution in [2.45, 2.75) is 78.1 Å². The smallest absolute Gasteiger partial charge is 0.0702 e. The Morgan fingerprint density at radius 2 is 1.10 bits per heavy atom. The second kappa shape index (κ2) is 12.3. The average Bonchev–Trinajstić information content (AvgIpc) is 2.81. The van der Waals surface area contributed by atoms with Crippen molar-refractivity contribution in [2.24, 2.45) is 0 Å². The molecule has 30 heavy (non-hydrogen) atoms. The molecule has 0 unspecified atom stereocenters. The normalized spacial score (nSPS) is 11.0. The molecule has 1 heterocycles. The molecule has 0 aliphatic rings. The Morgan fingerprint density at radius 1 is 0.533 bits per heavy atom. The maximum Gasteiger partial charge on any atom is 0.0702 e. The summed E-state index contributed by atoms with van der Waals surface area (Å²) in [5.74, 6) is 0. The Bertz CT molecular complexity index is 844. The van der Waals surface area contributed by atoms with Crippen LogP contribution in [0.2, 0.25) is 0 Å². The van der Waals surface area contributed by atoms with E-state index in [4.69, 9.17) is 4.98 Å². The van der Waals surface area contributed by atoms with Crippen molar-refractivity contribution < 1.29 is 0 Å². The van der Waals surface area contributed by atoms with Crippen LogP contribution in [0.5, 0.6) is 0 Å². The lowest BCUT2D eigenvalue weighted by Crippen LogP contribution is -1.93. The van der Waals surface area contributed by atoms with Gasteiger partial charge in [0.25, 0.3) is 0 Å². The Labute approximate surface area is 183 Å². The Morgan fingerprint density at radius 3 is 1.70 bits per heavy atom. The van der Waals surface area contributed by atoms with Gasteiger partial charge in [-0.05, 0) is 60.4 Å². The van der Waals surface area contributed by atoms with Crippen LogP contribution in [-0.4, -0.2) is 4.98 Å². The summed E-state index contributed by atoms with van der Waals surface area (Å²) in [6.07, 6.45) is 14.6. The number of rotatable bonds is 12. The fourth-order valence-electron chi connectivity index (χ4n) is 3.93. The molecule has 0 N–H and O–H groups in total. The predicted molar refractivity (Wildman–Crippen MR) is 130 cm³/mol. The van der Waals surface area contributed by atoms with Gasteiger partial charge in [0.05, 0.1) is 5.69 Å². The van der Waals surface area contributed by atoms with E-state index in [1.54, 1.807) is 0 Å². The van der Waals surface area contributed by atoms with Crippen molar-refractivity contribution in [1.29, 1.82) is 0 Å². The third kappa shape index (κ3) is 7.13. The second-order valence-electron chi connectivity index (χ2n) is 8.44. The van der Waals surface area contributed by atoms with Crippen LogP contribution in [0.15, 0.2) is 66.9 Å². The molecule has 2 aromatic carbocycles. The summed E-state index contributed by atoms with van der Waals surface area (Å²) in [5.41, 5.74) is 7.85. The lowest BCUT2D eigenvalue weighted by atomic mass is 10.0. The van der Waals surface area contributed by atoms with E-state index in [2.05, 4.69) is 80.7 Å². The molecule has 0 saturated carbocycles. The molecule has 0 aliphatic carbocycles. The first-order chi connectivity index (χ1) is 14.8. The fourth-order valence-corrected chi connectivity index (χ4v) is 3.93. The van der Waals surface area contributed by atoms with Crippen LogP contribution in [0.25, 0.3) is 11.3 Å². The zero-order valence-corrected chi connectivity index (χ0v) is 18.9. The summed E-state index contributed by atoms with van der Waals surface area (Å²) in [7, 11) is 0. The first-order valence-corrected chi connectivity index (χ1v) is 11.9. The zero-order chi connectivity index (χ0) is 21.0. The third-order valence-corrected chi connectivity index (χ3v) is 6.03. The summed E-state index contributed by atoms with van der Waals surface area (Å²) in [6, 6.07) is 22.4. The van der Waals surface area contributed by atoms with Gasteiger partial charge in [-0.2, -0.15) is 0 Å². The molecule has 1 nitrogen and oxygen atoms in total. The molecule has 0 bridgehead atoms. The minimum atomic E-state index is 1.07. The number of nitrogens with zero attached hydrogens (tertiary/aromatic N) is 1. The van der Waals surface area contributed by atoms with Gasteiger partial charge in [-0.15, -0.1) is 0 Å². The highest BCUT2D eigenvalue weighted by Gasteiger charge is 2.02. The highest BCUT2D eigenvalue weighted by atomic mass is 14.7. The standard InChI is InChI=1S/C29H37N/c1-3-5-6-7-8-9-10-27-19-22-29(30-23-27)28-20-17-26(18-21-28)16-15-25-13-11-24(4-2)12-14-25/h11-14,17-23H,3-10,15-16H2,1-2H3.